The molecule has 0 saturated carbocycles. The van der Waals surface area contributed by atoms with Crippen LogP contribution in [0.25, 0.3) is 0 Å². The number of hydrogen-bond donors (Lipinski definition) is 0. The first-order chi connectivity index (χ1) is 14.8. The molecule has 0 radical (unpaired) electrons. The molecule has 2 aliphatic heterocycles. The molecule has 164 valence electrons. The van der Waals surface area contributed by atoms with Gasteiger partial charge in [-0.1, -0.05) is 37.6 Å². The lowest BCUT2D eigenvalue weighted by molar-refractivity contribution is -0.136. The molecule has 2 amide bonds. The molecule has 31 heavy (non-hydrogen) atoms. The van der Waals surface area contributed by atoms with Crippen LogP contribution in [0.4, 0.5) is 11.5 Å². The minimum absolute atomic E-state index is 0.0456. The zero-order valence-electron chi connectivity index (χ0n) is 18.2. The van der Waals surface area contributed by atoms with Gasteiger partial charge in [0, 0.05) is 56.8 Å². The van der Waals surface area contributed by atoms with Gasteiger partial charge in [0.15, 0.2) is 0 Å². The summed E-state index contributed by atoms with van der Waals surface area (Å²) in [5, 5.41) is 0.526. The zero-order valence-corrected chi connectivity index (χ0v) is 19.0. The Morgan fingerprint density at radius 3 is 2.52 bits per heavy atom. The molecule has 2 aromatic rings. The molecule has 4 rings (SSSR count). The number of anilines is 2. The van der Waals surface area contributed by atoms with Crippen LogP contribution in [0.1, 0.15) is 37.7 Å². The maximum atomic E-state index is 13.1. The van der Waals surface area contributed by atoms with Gasteiger partial charge in [-0.2, -0.15) is 0 Å². The van der Waals surface area contributed by atoms with E-state index in [1.54, 1.807) is 11.0 Å². The Morgan fingerprint density at radius 1 is 1.13 bits per heavy atom. The van der Waals surface area contributed by atoms with Crippen molar-refractivity contribution in [2.24, 2.45) is 5.92 Å². The third-order valence-electron chi connectivity index (χ3n) is 5.91. The van der Waals surface area contributed by atoms with Crippen LogP contribution in [0.2, 0.25) is 5.02 Å². The lowest BCUT2D eigenvalue weighted by Gasteiger charge is -2.36. The Bertz CT molecular complexity index is 988. The highest BCUT2D eigenvalue weighted by atomic mass is 35.5. The SMILES string of the molecule is Cc1cc(N2CCN(C(=O)C3CC(=O)N(c4ccccc4Cl)C3)CC2)nc(C(C)C)n1. The molecule has 1 unspecified atom stereocenters. The number of aryl methyl sites for hydroxylation is 1. The first-order valence-corrected chi connectivity index (χ1v) is 11.2. The molecule has 1 aromatic carbocycles. The lowest BCUT2D eigenvalue weighted by Crippen LogP contribution is -2.51. The van der Waals surface area contributed by atoms with Gasteiger partial charge < -0.3 is 14.7 Å². The summed E-state index contributed by atoms with van der Waals surface area (Å²) in [7, 11) is 0. The molecule has 1 aromatic heterocycles. The number of carbonyl (C=O) groups excluding carboxylic acids is 2. The summed E-state index contributed by atoms with van der Waals surface area (Å²) in [4.78, 5) is 40.6. The summed E-state index contributed by atoms with van der Waals surface area (Å²) >= 11 is 6.26. The maximum absolute atomic E-state index is 13.1. The van der Waals surface area contributed by atoms with Gasteiger partial charge in [-0.3, -0.25) is 9.59 Å². The maximum Gasteiger partial charge on any atom is 0.228 e. The number of benzene rings is 1. The molecule has 2 fully saturated rings. The van der Waals surface area contributed by atoms with E-state index in [9.17, 15) is 9.59 Å². The van der Waals surface area contributed by atoms with E-state index in [-0.39, 0.29) is 30.1 Å². The highest BCUT2D eigenvalue weighted by Crippen LogP contribution is 2.32. The quantitative estimate of drug-likeness (QED) is 0.728. The molecule has 1 atom stereocenters. The molecular weight excluding hydrogens is 414 g/mol. The van der Waals surface area contributed by atoms with E-state index in [1.807, 2.05) is 36.1 Å². The number of amides is 2. The third-order valence-corrected chi connectivity index (χ3v) is 6.23. The number of hydrogen-bond acceptors (Lipinski definition) is 5. The lowest BCUT2D eigenvalue weighted by atomic mass is 10.1. The Kier molecular flexibility index (Phi) is 6.14. The molecule has 8 heteroatoms. The van der Waals surface area contributed by atoms with Gasteiger partial charge >= 0.3 is 0 Å². The first kappa shape index (κ1) is 21.6. The summed E-state index contributed by atoms with van der Waals surface area (Å²) < 4.78 is 0. The second-order valence-corrected chi connectivity index (χ2v) is 8.96. The number of aromatic nitrogens is 2. The van der Waals surface area contributed by atoms with Crippen molar-refractivity contribution in [3.63, 3.8) is 0 Å². The van der Waals surface area contributed by atoms with Gasteiger partial charge in [0.1, 0.15) is 11.6 Å². The smallest absolute Gasteiger partial charge is 0.228 e. The van der Waals surface area contributed by atoms with Gasteiger partial charge in [-0.05, 0) is 19.1 Å². The Labute approximate surface area is 188 Å². The van der Waals surface area contributed by atoms with Gasteiger partial charge in [-0.15, -0.1) is 0 Å². The molecule has 2 saturated heterocycles. The van der Waals surface area contributed by atoms with E-state index >= 15 is 0 Å². The summed E-state index contributed by atoms with van der Waals surface area (Å²) in [6, 6.07) is 9.26. The number of piperazine rings is 1. The first-order valence-electron chi connectivity index (χ1n) is 10.8. The minimum atomic E-state index is -0.329. The highest BCUT2D eigenvalue weighted by molar-refractivity contribution is 6.33. The van der Waals surface area contributed by atoms with Crippen molar-refractivity contribution in [1.82, 2.24) is 14.9 Å². The summed E-state index contributed by atoms with van der Waals surface area (Å²) in [6.07, 6.45) is 0.229. The monoisotopic (exact) mass is 441 g/mol. The van der Waals surface area contributed by atoms with Gasteiger partial charge in [0.25, 0.3) is 0 Å². The topological polar surface area (TPSA) is 69.6 Å². The van der Waals surface area contributed by atoms with Crippen LogP contribution in [0.3, 0.4) is 0 Å². The normalized spacial score (nSPS) is 19.5. The summed E-state index contributed by atoms with van der Waals surface area (Å²) in [6.45, 7) is 9.21. The molecule has 0 aliphatic carbocycles. The molecule has 0 spiro atoms. The molecule has 7 nitrogen and oxygen atoms in total. The van der Waals surface area contributed by atoms with Crippen molar-refractivity contribution >= 4 is 34.9 Å². The molecule has 0 bridgehead atoms. The van der Waals surface area contributed by atoms with Gasteiger partial charge in [-0.25, -0.2) is 9.97 Å². The van der Waals surface area contributed by atoms with Crippen molar-refractivity contribution in [2.45, 2.75) is 33.1 Å². The predicted molar refractivity (Wildman–Crippen MR) is 122 cm³/mol. The van der Waals surface area contributed by atoms with E-state index in [4.69, 9.17) is 16.6 Å². The van der Waals surface area contributed by atoms with E-state index in [1.165, 1.54) is 0 Å². The van der Waals surface area contributed by atoms with E-state index in [0.29, 0.717) is 43.4 Å². The van der Waals surface area contributed by atoms with Gasteiger partial charge in [0.05, 0.1) is 16.6 Å². The number of nitrogens with zero attached hydrogens (tertiary/aromatic N) is 5. The number of carbonyl (C=O) groups is 2. The van der Waals surface area contributed by atoms with Crippen molar-refractivity contribution in [1.29, 1.82) is 0 Å². The zero-order chi connectivity index (χ0) is 22.1. The largest absolute Gasteiger partial charge is 0.353 e. The Morgan fingerprint density at radius 2 is 1.84 bits per heavy atom. The van der Waals surface area contributed by atoms with Crippen LogP contribution in [0, 0.1) is 12.8 Å². The summed E-state index contributed by atoms with van der Waals surface area (Å²) in [5.74, 6) is 1.69. The standard InChI is InChI=1S/C23H28ClN5O2/c1-15(2)22-25-16(3)12-20(26-22)27-8-10-28(11-9-27)23(31)17-13-21(30)29(14-17)19-7-5-4-6-18(19)24/h4-7,12,15,17H,8-11,13-14H2,1-3H3. The fraction of sp³-hybridized carbons (Fsp3) is 0.478. The van der Waals surface area contributed by atoms with Crippen molar-refractivity contribution in [3.8, 4) is 0 Å². The predicted octanol–water partition coefficient (Wildman–Crippen LogP) is 3.26. The van der Waals surface area contributed by atoms with E-state index < -0.39 is 0 Å². The Hall–Kier alpha value is -2.67. The summed E-state index contributed by atoms with van der Waals surface area (Å²) in [5.41, 5.74) is 1.63. The average molecular weight is 442 g/mol. The van der Waals surface area contributed by atoms with Crippen molar-refractivity contribution in [2.75, 3.05) is 42.5 Å². The van der Waals surface area contributed by atoms with Crippen LogP contribution >= 0.6 is 11.6 Å². The minimum Gasteiger partial charge on any atom is -0.353 e. The highest BCUT2D eigenvalue weighted by Gasteiger charge is 2.38. The molecule has 2 aliphatic rings. The van der Waals surface area contributed by atoms with Crippen molar-refractivity contribution in [3.05, 3.63) is 46.9 Å². The average Bonchev–Trinajstić information content (AvgIpc) is 3.14. The Balaban J connectivity index is 1.39. The molecular formula is C23H28ClN5O2. The fourth-order valence-electron chi connectivity index (χ4n) is 4.19. The van der Waals surface area contributed by atoms with E-state index in [0.717, 1.165) is 17.3 Å². The molecule has 3 heterocycles. The molecule has 0 N–H and O–H groups in total. The number of para-hydroxylation sites is 1. The second-order valence-electron chi connectivity index (χ2n) is 8.55. The van der Waals surface area contributed by atoms with Crippen LogP contribution < -0.4 is 9.80 Å². The van der Waals surface area contributed by atoms with Crippen LogP contribution in [-0.4, -0.2) is 59.4 Å². The van der Waals surface area contributed by atoms with E-state index in [2.05, 4.69) is 23.7 Å². The van der Waals surface area contributed by atoms with Crippen LogP contribution in [0.5, 0.6) is 0 Å². The number of rotatable bonds is 4. The van der Waals surface area contributed by atoms with Crippen LogP contribution in [0.15, 0.2) is 30.3 Å². The second kappa shape index (κ2) is 8.83. The fourth-order valence-corrected chi connectivity index (χ4v) is 4.42. The van der Waals surface area contributed by atoms with Gasteiger partial charge in [0.2, 0.25) is 11.8 Å². The third kappa shape index (κ3) is 4.51. The number of halogens is 1. The van der Waals surface area contributed by atoms with Crippen LogP contribution in [-0.2, 0) is 9.59 Å². The van der Waals surface area contributed by atoms with Crippen molar-refractivity contribution < 1.29 is 9.59 Å².